The summed E-state index contributed by atoms with van der Waals surface area (Å²) in [5.74, 6) is -1.70. The predicted molar refractivity (Wildman–Crippen MR) is 135 cm³/mol. The molecule has 2 N–H and O–H groups in total. The van der Waals surface area contributed by atoms with Crippen molar-refractivity contribution < 1.29 is 22.4 Å². The first kappa shape index (κ1) is 26.3. The van der Waals surface area contributed by atoms with Crippen molar-refractivity contribution in [2.24, 2.45) is 13.0 Å². The Morgan fingerprint density at radius 2 is 1.90 bits per heavy atom. The fourth-order valence-corrected chi connectivity index (χ4v) is 4.65. The highest BCUT2D eigenvalue weighted by atomic mass is 19.4. The summed E-state index contributed by atoms with van der Waals surface area (Å²) in [7, 11) is 1.68. The van der Waals surface area contributed by atoms with Gasteiger partial charge in [-0.1, -0.05) is 6.07 Å². The van der Waals surface area contributed by atoms with E-state index in [1.165, 1.54) is 22.8 Å². The molecule has 0 aliphatic heterocycles. The Morgan fingerprint density at radius 1 is 1.13 bits per heavy atom. The van der Waals surface area contributed by atoms with Crippen LogP contribution in [0.15, 0.2) is 61.2 Å². The van der Waals surface area contributed by atoms with Gasteiger partial charge in [-0.15, -0.1) is 0 Å². The van der Waals surface area contributed by atoms with Crippen molar-refractivity contribution in [1.82, 2.24) is 24.4 Å². The van der Waals surface area contributed by atoms with E-state index in [1.807, 2.05) is 19.1 Å². The highest BCUT2D eigenvalue weighted by Gasteiger charge is 2.38. The first-order valence-electron chi connectivity index (χ1n) is 12.4. The SMILES string of the molecule is Cc1ccnc([C@@H](NC(=O)c2cc(Cn3ccn(C)c3=N)cc(-c3cccnc3C(F)(F)F)c2F)C2CC2)c1. The van der Waals surface area contributed by atoms with Crippen molar-refractivity contribution in [2.45, 2.75) is 38.5 Å². The number of carbonyl (C=O) groups is 1. The van der Waals surface area contributed by atoms with Crippen LogP contribution in [0.25, 0.3) is 11.1 Å². The van der Waals surface area contributed by atoms with E-state index in [0.29, 0.717) is 11.3 Å². The van der Waals surface area contributed by atoms with Crippen LogP contribution in [0, 0.1) is 24.1 Å². The molecule has 7 nitrogen and oxygen atoms in total. The van der Waals surface area contributed by atoms with Crippen LogP contribution < -0.4 is 10.9 Å². The predicted octanol–water partition coefficient (Wildman–Crippen LogP) is 5.16. The molecule has 5 rings (SSSR count). The van der Waals surface area contributed by atoms with E-state index in [-0.39, 0.29) is 23.6 Å². The summed E-state index contributed by atoms with van der Waals surface area (Å²) < 4.78 is 60.5. The molecule has 11 heteroatoms. The van der Waals surface area contributed by atoms with Gasteiger partial charge in [0.2, 0.25) is 5.62 Å². The summed E-state index contributed by atoms with van der Waals surface area (Å²) in [4.78, 5) is 21.4. The van der Waals surface area contributed by atoms with E-state index in [1.54, 1.807) is 30.2 Å². The molecule has 1 aromatic carbocycles. The van der Waals surface area contributed by atoms with Crippen LogP contribution in [0.2, 0.25) is 0 Å². The molecule has 202 valence electrons. The van der Waals surface area contributed by atoms with Crippen molar-refractivity contribution >= 4 is 5.91 Å². The lowest BCUT2D eigenvalue weighted by Crippen LogP contribution is -2.31. The van der Waals surface area contributed by atoms with Crippen LogP contribution in [-0.2, 0) is 19.8 Å². The molecule has 1 atom stereocenters. The molecular formula is C28H26F4N6O. The topological polar surface area (TPSA) is 88.6 Å². The lowest BCUT2D eigenvalue weighted by atomic mass is 9.96. The van der Waals surface area contributed by atoms with E-state index in [0.717, 1.165) is 30.7 Å². The van der Waals surface area contributed by atoms with E-state index < -0.39 is 40.8 Å². The third-order valence-corrected chi connectivity index (χ3v) is 6.81. The van der Waals surface area contributed by atoms with Crippen LogP contribution in [0.5, 0.6) is 0 Å². The van der Waals surface area contributed by atoms with Gasteiger partial charge in [-0.25, -0.2) is 4.39 Å². The third kappa shape index (κ3) is 5.47. The second-order valence-corrected chi connectivity index (χ2v) is 9.81. The monoisotopic (exact) mass is 538 g/mol. The van der Waals surface area contributed by atoms with Crippen molar-refractivity contribution in [1.29, 1.82) is 5.41 Å². The number of halogens is 4. The normalized spacial score (nSPS) is 14.3. The number of imidazole rings is 1. The zero-order chi connectivity index (χ0) is 27.9. The van der Waals surface area contributed by atoms with Gasteiger partial charge in [0.25, 0.3) is 5.91 Å². The van der Waals surface area contributed by atoms with E-state index in [9.17, 15) is 18.0 Å². The number of aryl methyl sites for hydroxylation is 2. The van der Waals surface area contributed by atoms with Crippen molar-refractivity contribution in [2.75, 3.05) is 0 Å². The minimum absolute atomic E-state index is 0.0420. The first-order valence-corrected chi connectivity index (χ1v) is 12.4. The minimum Gasteiger partial charge on any atom is -0.343 e. The summed E-state index contributed by atoms with van der Waals surface area (Å²) in [6, 6.07) is 8.25. The van der Waals surface area contributed by atoms with Gasteiger partial charge in [-0.05, 0) is 67.1 Å². The maximum Gasteiger partial charge on any atom is 0.433 e. The smallest absolute Gasteiger partial charge is 0.343 e. The first-order chi connectivity index (χ1) is 18.5. The van der Waals surface area contributed by atoms with Crippen molar-refractivity contribution in [3.05, 3.63) is 101 Å². The Bertz CT molecular complexity index is 1600. The average molecular weight is 539 g/mol. The number of carbonyl (C=O) groups excluding carboxylic acids is 1. The maximum absolute atomic E-state index is 16.0. The quantitative estimate of drug-likeness (QED) is 0.319. The van der Waals surface area contributed by atoms with Crippen LogP contribution in [0.1, 0.15) is 51.8 Å². The van der Waals surface area contributed by atoms with Gasteiger partial charge in [-0.2, -0.15) is 13.2 Å². The summed E-state index contributed by atoms with van der Waals surface area (Å²) >= 11 is 0. The lowest BCUT2D eigenvalue weighted by Gasteiger charge is -2.20. The molecule has 0 spiro atoms. The number of nitrogens with one attached hydrogen (secondary N) is 2. The second-order valence-electron chi connectivity index (χ2n) is 9.81. The minimum atomic E-state index is -4.84. The Kier molecular flexibility index (Phi) is 6.83. The molecule has 1 saturated carbocycles. The molecule has 0 unspecified atom stereocenters. The number of hydrogen-bond acceptors (Lipinski definition) is 4. The number of aromatic nitrogens is 4. The number of amides is 1. The summed E-state index contributed by atoms with van der Waals surface area (Å²) in [6.07, 6.45) is 2.82. The molecule has 3 heterocycles. The lowest BCUT2D eigenvalue weighted by molar-refractivity contribution is -0.140. The molecule has 1 aliphatic carbocycles. The molecule has 0 saturated heterocycles. The van der Waals surface area contributed by atoms with Crippen molar-refractivity contribution in [3.8, 4) is 11.1 Å². The standard InChI is InChI=1S/C28H26F4N6O/c1-16-7-9-34-22(12-16)24(18-5-6-18)36-26(39)21-14-17(15-38-11-10-37(2)27(38)33)13-20(23(21)29)19-4-3-8-35-25(19)28(30,31)32/h3-4,7-14,18,24,33H,5-6,15H2,1-2H3,(H,36,39)/t24-/m0/s1. The zero-order valence-electron chi connectivity index (χ0n) is 21.3. The summed E-state index contributed by atoms with van der Waals surface area (Å²) in [5.41, 5.74) is -0.412. The molecule has 3 aromatic heterocycles. The molecule has 4 aromatic rings. The van der Waals surface area contributed by atoms with E-state index >= 15 is 4.39 Å². The number of alkyl halides is 3. The molecule has 1 fully saturated rings. The number of nitrogens with zero attached hydrogens (tertiary/aromatic N) is 4. The highest BCUT2D eigenvalue weighted by molar-refractivity contribution is 5.96. The van der Waals surface area contributed by atoms with Gasteiger partial charge in [0.05, 0.1) is 23.8 Å². The number of hydrogen-bond donors (Lipinski definition) is 2. The number of pyridine rings is 2. The van der Waals surface area contributed by atoms with Gasteiger partial charge in [-0.3, -0.25) is 20.2 Å². The fraction of sp³-hybridized carbons (Fsp3) is 0.286. The van der Waals surface area contributed by atoms with Crippen LogP contribution in [0.4, 0.5) is 17.6 Å². The van der Waals surface area contributed by atoms with Crippen LogP contribution in [-0.4, -0.2) is 25.0 Å². The van der Waals surface area contributed by atoms with E-state index in [2.05, 4.69) is 15.3 Å². The van der Waals surface area contributed by atoms with Gasteiger partial charge in [0, 0.05) is 43.0 Å². The van der Waals surface area contributed by atoms with Gasteiger partial charge < -0.3 is 14.5 Å². The van der Waals surface area contributed by atoms with Gasteiger partial charge in [0.1, 0.15) is 5.82 Å². The number of rotatable bonds is 7. The van der Waals surface area contributed by atoms with Gasteiger partial charge >= 0.3 is 6.18 Å². The molecule has 1 amide bonds. The summed E-state index contributed by atoms with van der Waals surface area (Å²) in [6.45, 7) is 1.95. The second kappa shape index (κ2) is 10.1. The average Bonchev–Trinajstić information content (AvgIpc) is 3.69. The largest absolute Gasteiger partial charge is 0.433 e. The molecule has 1 aliphatic rings. The highest BCUT2D eigenvalue weighted by Crippen LogP contribution is 2.41. The Morgan fingerprint density at radius 3 is 2.54 bits per heavy atom. The molecular weight excluding hydrogens is 512 g/mol. The Labute approximate surface area is 221 Å². The third-order valence-electron chi connectivity index (χ3n) is 6.81. The Balaban J connectivity index is 1.61. The molecule has 39 heavy (non-hydrogen) atoms. The molecule has 0 bridgehead atoms. The van der Waals surface area contributed by atoms with E-state index in [4.69, 9.17) is 5.41 Å². The van der Waals surface area contributed by atoms with Crippen molar-refractivity contribution in [3.63, 3.8) is 0 Å². The van der Waals surface area contributed by atoms with Gasteiger partial charge in [0.15, 0.2) is 5.69 Å². The summed E-state index contributed by atoms with van der Waals surface area (Å²) in [5, 5.41) is 11.1. The maximum atomic E-state index is 16.0. The van der Waals surface area contributed by atoms with Crippen LogP contribution >= 0.6 is 0 Å². The van der Waals surface area contributed by atoms with Crippen LogP contribution in [0.3, 0.4) is 0 Å². The zero-order valence-corrected chi connectivity index (χ0v) is 21.3. The Hall–Kier alpha value is -4.28. The number of benzene rings is 1. The fourth-order valence-electron chi connectivity index (χ4n) is 4.65. The molecule has 0 radical (unpaired) electrons.